The van der Waals surface area contributed by atoms with Crippen LogP contribution in [0.3, 0.4) is 0 Å². The Hall–Kier alpha value is -2.46. The van der Waals surface area contributed by atoms with Gasteiger partial charge in [0.2, 0.25) is 0 Å². The summed E-state index contributed by atoms with van der Waals surface area (Å²) >= 11 is 3.27. The molecule has 1 aliphatic heterocycles. The van der Waals surface area contributed by atoms with Gasteiger partial charge in [-0.25, -0.2) is 26.0 Å². The number of hydrogen-bond acceptors (Lipinski definition) is 4. The molecule has 6 nitrogen and oxygen atoms in total. The van der Waals surface area contributed by atoms with E-state index in [1.807, 2.05) is 0 Å². The fraction of sp³-hybridized carbons (Fsp3) is 0.400. The molecule has 1 aliphatic rings. The number of carbonyl (C=O) groups excluding carboxylic acids is 1. The van der Waals surface area contributed by atoms with Gasteiger partial charge in [-0.15, -0.1) is 0 Å². The molecular formula is C25H27BrF2N2O4S. The number of piperidine rings is 1. The molecule has 4 rings (SSSR count). The minimum absolute atomic E-state index is 0.000614. The Morgan fingerprint density at radius 2 is 1.77 bits per heavy atom. The third kappa shape index (κ3) is 5.23. The first-order valence-electron chi connectivity index (χ1n) is 11.3. The van der Waals surface area contributed by atoms with Crippen molar-refractivity contribution in [3.63, 3.8) is 0 Å². The zero-order valence-electron chi connectivity index (χ0n) is 19.7. The molecular weight excluding hydrogens is 542 g/mol. The Kier molecular flexibility index (Phi) is 6.98. The van der Waals surface area contributed by atoms with E-state index < -0.39 is 28.1 Å². The quantitative estimate of drug-likeness (QED) is 0.351. The van der Waals surface area contributed by atoms with Crippen molar-refractivity contribution in [2.24, 2.45) is 0 Å². The van der Waals surface area contributed by atoms with Crippen molar-refractivity contribution in [1.82, 2.24) is 8.87 Å². The van der Waals surface area contributed by atoms with Gasteiger partial charge in [-0.05, 0) is 69.4 Å². The van der Waals surface area contributed by atoms with Crippen molar-refractivity contribution in [1.29, 1.82) is 0 Å². The lowest BCUT2D eigenvalue weighted by molar-refractivity contribution is 0.0205. The van der Waals surface area contributed by atoms with E-state index in [9.17, 15) is 22.0 Å². The first-order valence-corrected chi connectivity index (χ1v) is 13.5. The van der Waals surface area contributed by atoms with Crippen LogP contribution in [-0.4, -0.2) is 42.1 Å². The Bertz CT molecular complexity index is 1360. The number of ether oxygens (including phenoxy) is 1. The molecule has 0 spiro atoms. The summed E-state index contributed by atoms with van der Waals surface area (Å²) in [6, 6.07) is 11.2. The van der Waals surface area contributed by atoms with E-state index in [0.717, 1.165) is 10.2 Å². The highest BCUT2D eigenvalue weighted by Gasteiger charge is 2.31. The van der Waals surface area contributed by atoms with E-state index in [-0.39, 0.29) is 27.3 Å². The predicted octanol–water partition coefficient (Wildman–Crippen LogP) is 6.69. The number of alkyl halides is 2. The zero-order chi connectivity index (χ0) is 25.5. The second-order valence-electron chi connectivity index (χ2n) is 9.63. The number of nitrogens with zero attached hydrogens (tertiary/aromatic N) is 2. The van der Waals surface area contributed by atoms with E-state index in [2.05, 4.69) is 15.9 Å². The van der Waals surface area contributed by atoms with Crippen molar-refractivity contribution in [3.8, 4) is 0 Å². The summed E-state index contributed by atoms with van der Waals surface area (Å²) in [7, 11) is -4.10. The van der Waals surface area contributed by atoms with Crippen molar-refractivity contribution >= 4 is 42.9 Å². The minimum atomic E-state index is -4.10. The minimum Gasteiger partial charge on any atom is -0.444 e. The number of halogens is 3. The second kappa shape index (κ2) is 9.54. The van der Waals surface area contributed by atoms with Gasteiger partial charge >= 0.3 is 6.09 Å². The van der Waals surface area contributed by atoms with Crippen LogP contribution in [0.5, 0.6) is 0 Å². The first-order chi connectivity index (χ1) is 16.4. The molecule has 1 fully saturated rings. The summed E-state index contributed by atoms with van der Waals surface area (Å²) in [4.78, 5) is 14.0. The number of likely N-dealkylation sites (tertiary alicyclic amines) is 1. The van der Waals surface area contributed by atoms with Gasteiger partial charge in [0, 0.05) is 34.7 Å². The highest BCUT2D eigenvalue weighted by Crippen LogP contribution is 2.40. The van der Waals surface area contributed by atoms with Crippen LogP contribution in [0, 0.1) is 0 Å². The van der Waals surface area contributed by atoms with Gasteiger partial charge < -0.3 is 9.64 Å². The fourth-order valence-corrected chi connectivity index (χ4v) is 6.43. The van der Waals surface area contributed by atoms with Crippen LogP contribution >= 0.6 is 15.9 Å². The Morgan fingerprint density at radius 3 is 2.37 bits per heavy atom. The van der Waals surface area contributed by atoms with Gasteiger partial charge in [0.1, 0.15) is 5.60 Å². The molecule has 188 valence electrons. The maximum absolute atomic E-state index is 14.2. The molecule has 0 radical (unpaired) electrons. The van der Waals surface area contributed by atoms with Gasteiger partial charge in [-0.2, -0.15) is 0 Å². The van der Waals surface area contributed by atoms with Gasteiger partial charge in [-0.1, -0.05) is 34.1 Å². The third-order valence-corrected chi connectivity index (χ3v) is 8.19. The van der Waals surface area contributed by atoms with Gasteiger partial charge in [0.25, 0.3) is 16.4 Å². The molecule has 0 unspecified atom stereocenters. The lowest BCUT2D eigenvalue weighted by Crippen LogP contribution is -2.41. The lowest BCUT2D eigenvalue weighted by atomic mass is 9.86. The molecule has 1 aromatic heterocycles. The molecule has 2 heterocycles. The number of fused-ring (bicyclic) bond motifs is 1. The van der Waals surface area contributed by atoms with Crippen LogP contribution in [0.2, 0.25) is 0 Å². The van der Waals surface area contributed by atoms with Crippen LogP contribution in [0.4, 0.5) is 13.6 Å². The first kappa shape index (κ1) is 25.6. The van der Waals surface area contributed by atoms with Gasteiger partial charge in [0.15, 0.2) is 0 Å². The monoisotopic (exact) mass is 568 g/mol. The number of hydrogen-bond donors (Lipinski definition) is 0. The van der Waals surface area contributed by atoms with Crippen LogP contribution in [0.15, 0.2) is 58.0 Å². The van der Waals surface area contributed by atoms with E-state index in [1.54, 1.807) is 56.0 Å². The second-order valence-corrected chi connectivity index (χ2v) is 12.4. The van der Waals surface area contributed by atoms with E-state index in [4.69, 9.17) is 4.74 Å². The average molecular weight is 569 g/mol. The Labute approximate surface area is 212 Å². The lowest BCUT2D eigenvalue weighted by Gasteiger charge is -2.34. The standard InChI is InChI=1S/C25H27BrF2N2O4S/c1-25(2,3)34-24(31)29-12-10-16(11-13-29)19-8-5-9-21-22(19)20(23(27)28)15-30(21)35(32,33)18-7-4-6-17(26)14-18/h4-9,14-16,23H,10-13H2,1-3H3. The SMILES string of the molecule is CC(C)(C)OC(=O)N1CCC(c2cccc3c2c(C(F)F)cn3S(=O)(=O)c2cccc(Br)c2)CC1. The summed E-state index contributed by atoms with van der Waals surface area (Å²) in [6.07, 6.45) is -1.09. The topological polar surface area (TPSA) is 68.6 Å². The largest absolute Gasteiger partial charge is 0.444 e. The van der Waals surface area contributed by atoms with Crippen LogP contribution in [0.25, 0.3) is 10.9 Å². The number of benzene rings is 2. The molecule has 1 saturated heterocycles. The number of rotatable bonds is 4. The Morgan fingerprint density at radius 1 is 1.11 bits per heavy atom. The van der Waals surface area contributed by atoms with Crippen molar-refractivity contribution in [3.05, 3.63) is 64.3 Å². The van der Waals surface area contributed by atoms with Crippen molar-refractivity contribution in [2.45, 2.75) is 56.5 Å². The van der Waals surface area contributed by atoms with Crippen LogP contribution in [-0.2, 0) is 14.8 Å². The number of amides is 1. The maximum atomic E-state index is 14.2. The maximum Gasteiger partial charge on any atom is 0.410 e. The predicted molar refractivity (Wildman–Crippen MR) is 133 cm³/mol. The van der Waals surface area contributed by atoms with Crippen molar-refractivity contribution in [2.75, 3.05) is 13.1 Å². The summed E-state index contributed by atoms with van der Waals surface area (Å²) in [6.45, 7) is 6.26. The molecule has 0 bridgehead atoms. The van der Waals surface area contributed by atoms with Gasteiger partial charge in [-0.3, -0.25) is 0 Å². The van der Waals surface area contributed by atoms with E-state index in [1.165, 1.54) is 12.1 Å². The van der Waals surface area contributed by atoms with E-state index >= 15 is 0 Å². The zero-order valence-corrected chi connectivity index (χ0v) is 22.1. The van der Waals surface area contributed by atoms with E-state index in [0.29, 0.717) is 36.0 Å². The molecule has 35 heavy (non-hydrogen) atoms. The summed E-state index contributed by atoms with van der Waals surface area (Å²) < 4.78 is 62.1. The van der Waals surface area contributed by atoms with Crippen molar-refractivity contribution < 1.29 is 26.7 Å². The molecule has 0 saturated carbocycles. The summed E-state index contributed by atoms with van der Waals surface area (Å²) in [5, 5.41) is 0.261. The smallest absolute Gasteiger partial charge is 0.410 e. The molecule has 0 atom stereocenters. The number of carbonyl (C=O) groups is 1. The third-order valence-electron chi connectivity index (χ3n) is 6.03. The highest BCUT2D eigenvalue weighted by molar-refractivity contribution is 9.10. The molecule has 2 aromatic carbocycles. The van der Waals surface area contributed by atoms with Gasteiger partial charge in [0.05, 0.1) is 10.4 Å². The molecule has 1 amide bonds. The molecule has 10 heteroatoms. The fourth-order valence-electron chi connectivity index (χ4n) is 4.46. The van der Waals surface area contributed by atoms with Crippen LogP contribution in [0.1, 0.15) is 57.1 Å². The summed E-state index contributed by atoms with van der Waals surface area (Å²) in [5.41, 5.74) is -0.0324. The Balaban J connectivity index is 1.71. The summed E-state index contributed by atoms with van der Waals surface area (Å²) in [5.74, 6) is -0.0979. The average Bonchev–Trinajstić information content (AvgIpc) is 3.19. The molecule has 0 aliphatic carbocycles. The normalized spacial score (nSPS) is 15.7. The molecule has 3 aromatic rings. The van der Waals surface area contributed by atoms with Crippen LogP contribution < -0.4 is 0 Å². The molecule has 0 N–H and O–H groups in total. The number of aromatic nitrogens is 1. The highest BCUT2D eigenvalue weighted by atomic mass is 79.9.